The zero-order valence-corrected chi connectivity index (χ0v) is 12.4. The Morgan fingerprint density at radius 1 is 1.08 bits per heavy atom. The molecule has 1 N–H and O–H groups in total. The van der Waals surface area contributed by atoms with Crippen molar-refractivity contribution in [3.05, 3.63) is 83.6 Å². The smallest absolute Gasteiger partial charge is 0.338 e. The Morgan fingerprint density at radius 3 is 2.50 bits per heavy atom. The molecule has 5 heteroatoms. The van der Waals surface area contributed by atoms with E-state index in [9.17, 15) is 9.18 Å². The number of aromatic carboxylic acids is 1. The van der Waals surface area contributed by atoms with Crippen molar-refractivity contribution in [1.82, 2.24) is 4.98 Å². The predicted octanol–water partition coefficient (Wildman–Crippen LogP) is 4.80. The van der Waals surface area contributed by atoms with Gasteiger partial charge >= 0.3 is 5.97 Å². The molecule has 0 bridgehead atoms. The number of carbonyl (C=O) groups is 1. The van der Waals surface area contributed by atoms with E-state index in [1.807, 2.05) is 30.3 Å². The molecule has 0 aliphatic rings. The summed E-state index contributed by atoms with van der Waals surface area (Å²) in [5.74, 6) is -2.25. The van der Waals surface area contributed by atoms with Crippen molar-refractivity contribution in [2.45, 2.75) is 0 Å². The van der Waals surface area contributed by atoms with Crippen LogP contribution in [0.2, 0.25) is 0 Å². The molecule has 3 rings (SSSR count). The average molecular weight is 318 g/mol. The molecule has 0 unspecified atom stereocenters. The van der Waals surface area contributed by atoms with E-state index in [-0.39, 0.29) is 0 Å². The monoisotopic (exact) mass is 318 g/mol. The second-order valence-electron chi connectivity index (χ2n) is 5.06. The molecule has 116 valence electrons. The van der Waals surface area contributed by atoms with Crippen LogP contribution in [0.1, 0.15) is 10.4 Å². The molecule has 0 saturated heterocycles. The Kier molecular flexibility index (Phi) is 4.04. The van der Waals surface area contributed by atoms with E-state index in [1.165, 1.54) is 6.07 Å². The molecule has 0 atom stereocenters. The summed E-state index contributed by atoms with van der Waals surface area (Å²) >= 11 is 0. The molecule has 0 fully saturated rings. The first-order valence-corrected chi connectivity index (χ1v) is 7.06. The maximum Gasteiger partial charge on any atom is 0.338 e. The third-order valence-electron chi connectivity index (χ3n) is 3.58. The summed E-state index contributed by atoms with van der Waals surface area (Å²) in [5.41, 5.74) is 2.52. The van der Waals surface area contributed by atoms with Gasteiger partial charge < -0.3 is 5.11 Å². The maximum atomic E-state index is 13.5. The van der Waals surface area contributed by atoms with Crippen LogP contribution in [0.15, 0.2) is 60.8 Å². The first kappa shape index (κ1) is 15.4. The zero-order chi connectivity index (χ0) is 17.1. The molecule has 1 heterocycles. The van der Waals surface area contributed by atoms with Crippen LogP contribution in [-0.2, 0) is 0 Å². The molecule has 3 aromatic rings. The van der Waals surface area contributed by atoms with Crippen LogP contribution < -0.4 is 0 Å². The Labute approximate surface area is 137 Å². The van der Waals surface area contributed by atoms with Crippen molar-refractivity contribution in [1.29, 1.82) is 0 Å². The zero-order valence-electron chi connectivity index (χ0n) is 12.4. The van der Waals surface area contributed by atoms with Gasteiger partial charge in [-0.2, -0.15) is 0 Å². The molecular formula is C19H11FN2O2. The topological polar surface area (TPSA) is 54.5 Å². The molecule has 24 heavy (non-hydrogen) atoms. The third-order valence-corrected chi connectivity index (χ3v) is 3.58. The number of benzene rings is 2. The molecule has 0 aliphatic carbocycles. The summed E-state index contributed by atoms with van der Waals surface area (Å²) in [6.45, 7) is 7.39. The normalized spacial score (nSPS) is 10.2. The highest BCUT2D eigenvalue weighted by Gasteiger charge is 2.14. The SMILES string of the molecule is [C-]#[N+]c1cc(-c2cc(C(=O)O)c(F)cn2)ccc1-c1ccccc1. The van der Waals surface area contributed by atoms with Gasteiger partial charge in [-0.05, 0) is 28.8 Å². The summed E-state index contributed by atoms with van der Waals surface area (Å²) in [4.78, 5) is 18.5. The molecule has 0 spiro atoms. The first-order valence-electron chi connectivity index (χ1n) is 7.06. The van der Waals surface area contributed by atoms with E-state index < -0.39 is 17.3 Å². The van der Waals surface area contributed by atoms with Gasteiger partial charge in [-0.1, -0.05) is 42.5 Å². The lowest BCUT2D eigenvalue weighted by Crippen LogP contribution is -2.02. The minimum Gasteiger partial charge on any atom is -0.478 e. The number of nitrogens with zero attached hydrogens (tertiary/aromatic N) is 2. The number of pyridine rings is 1. The molecule has 2 aromatic carbocycles. The van der Waals surface area contributed by atoms with Gasteiger partial charge in [0.05, 0.1) is 24.0 Å². The van der Waals surface area contributed by atoms with Gasteiger partial charge in [0.2, 0.25) is 0 Å². The Morgan fingerprint density at radius 2 is 1.83 bits per heavy atom. The largest absolute Gasteiger partial charge is 0.478 e. The van der Waals surface area contributed by atoms with E-state index >= 15 is 0 Å². The number of halogens is 1. The van der Waals surface area contributed by atoms with Crippen LogP contribution in [0.3, 0.4) is 0 Å². The van der Waals surface area contributed by atoms with Gasteiger partial charge in [-0.15, -0.1) is 0 Å². The minimum atomic E-state index is -1.36. The highest BCUT2D eigenvalue weighted by molar-refractivity contribution is 5.90. The lowest BCUT2D eigenvalue weighted by Gasteiger charge is -2.08. The predicted molar refractivity (Wildman–Crippen MR) is 88.3 cm³/mol. The van der Waals surface area contributed by atoms with Crippen LogP contribution in [0.4, 0.5) is 10.1 Å². The molecule has 0 amide bonds. The van der Waals surface area contributed by atoms with E-state index in [0.29, 0.717) is 16.9 Å². The van der Waals surface area contributed by atoms with Crippen molar-refractivity contribution in [3.63, 3.8) is 0 Å². The van der Waals surface area contributed by atoms with Crippen LogP contribution in [0, 0.1) is 12.4 Å². The highest BCUT2D eigenvalue weighted by Crippen LogP contribution is 2.34. The van der Waals surface area contributed by atoms with Gasteiger partial charge in [0.1, 0.15) is 0 Å². The van der Waals surface area contributed by atoms with E-state index in [4.69, 9.17) is 11.7 Å². The summed E-state index contributed by atoms with van der Waals surface area (Å²) in [5, 5.41) is 9.01. The van der Waals surface area contributed by atoms with E-state index in [2.05, 4.69) is 9.83 Å². The number of carboxylic acids is 1. The molecule has 0 saturated carbocycles. The fraction of sp³-hybridized carbons (Fsp3) is 0. The maximum absolute atomic E-state index is 13.5. The Balaban J connectivity index is 2.10. The van der Waals surface area contributed by atoms with Crippen LogP contribution in [0.5, 0.6) is 0 Å². The summed E-state index contributed by atoms with van der Waals surface area (Å²) < 4.78 is 13.5. The highest BCUT2D eigenvalue weighted by atomic mass is 19.1. The quantitative estimate of drug-likeness (QED) is 0.705. The second-order valence-corrected chi connectivity index (χ2v) is 5.06. The van der Waals surface area contributed by atoms with E-state index in [0.717, 1.165) is 17.3 Å². The Bertz CT molecular complexity index is 963. The number of hydrogen-bond donors (Lipinski definition) is 1. The van der Waals surface area contributed by atoms with Crippen molar-refractivity contribution in [3.8, 4) is 22.4 Å². The van der Waals surface area contributed by atoms with Crippen molar-refractivity contribution in [2.75, 3.05) is 0 Å². The lowest BCUT2D eigenvalue weighted by molar-refractivity contribution is 0.0691. The number of carboxylic acid groups (broad SMARTS) is 1. The summed E-state index contributed by atoms with van der Waals surface area (Å²) in [6.07, 6.45) is 0.876. The van der Waals surface area contributed by atoms with E-state index in [1.54, 1.807) is 18.2 Å². The van der Waals surface area contributed by atoms with Crippen molar-refractivity contribution < 1.29 is 14.3 Å². The number of rotatable bonds is 3. The lowest BCUT2D eigenvalue weighted by atomic mass is 10.00. The van der Waals surface area contributed by atoms with Gasteiger partial charge in [-0.3, -0.25) is 4.98 Å². The Hall–Kier alpha value is -3.52. The number of aromatic nitrogens is 1. The minimum absolute atomic E-state index is 0.304. The molecule has 0 radical (unpaired) electrons. The second kappa shape index (κ2) is 6.31. The third kappa shape index (κ3) is 2.85. The first-order chi connectivity index (χ1) is 11.6. The summed E-state index contributed by atoms with van der Waals surface area (Å²) in [6, 6.07) is 15.8. The van der Waals surface area contributed by atoms with Crippen molar-refractivity contribution >= 4 is 11.7 Å². The molecule has 0 aliphatic heterocycles. The van der Waals surface area contributed by atoms with Gasteiger partial charge in [0, 0.05) is 0 Å². The molecule has 1 aromatic heterocycles. The summed E-state index contributed by atoms with van der Waals surface area (Å²) in [7, 11) is 0. The number of hydrogen-bond acceptors (Lipinski definition) is 2. The van der Waals surface area contributed by atoms with Crippen LogP contribution in [0.25, 0.3) is 27.2 Å². The molecular weight excluding hydrogens is 307 g/mol. The van der Waals surface area contributed by atoms with Crippen LogP contribution >= 0.6 is 0 Å². The fourth-order valence-electron chi connectivity index (χ4n) is 2.41. The van der Waals surface area contributed by atoms with Crippen molar-refractivity contribution in [2.24, 2.45) is 0 Å². The van der Waals surface area contributed by atoms with Gasteiger partial charge in [0.25, 0.3) is 0 Å². The standard InChI is InChI=1S/C19H11FN2O2/c1-21-18-9-13(7-8-14(18)12-5-3-2-4-6-12)17-10-15(19(23)24)16(20)11-22-17/h2-11H,(H,23,24). The average Bonchev–Trinajstić information content (AvgIpc) is 2.62. The van der Waals surface area contributed by atoms with Gasteiger partial charge in [0.15, 0.2) is 11.5 Å². The molecule has 4 nitrogen and oxygen atoms in total. The van der Waals surface area contributed by atoms with Gasteiger partial charge in [-0.25, -0.2) is 14.0 Å². The van der Waals surface area contributed by atoms with Crippen LogP contribution in [-0.4, -0.2) is 16.1 Å². The fourth-order valence-corrected chi connectivity index (χ4v) is 2.41.